The van der Waals surface area contributed by atoms with E-state index in [9.17, 15) is 4.79 Å². The van der Waals surface area contributed by atoms with E-state index in [1.165, 1.54) is 0 Å². The van der Waals surface area contributed by atoms with E-state index in [1.807, 2.05) is 54.6 Å². The number of ether oxygens (including phenoxy) is 1. The Morgan fingerprint density at radius 2 is 1.68 bits per heavy atom. The van der Waals surface area contributed by atoms with Crippen LogP contribution in [0.5, 0.6) is 5.75 Å². The maximum absolute atomic E-state index is 12.3. The second-order valence-corrected chi connectivity index (χ2v) is 6.25. The lowest BCUT2D eigenvalue weighted by atomic mass is 10.1. The van der Waals surface area contributed by atoms with Crippen molar-refractivity contribution in [2.75, 3.05) is 7.11 Å². The average Bonchev–Trinajstić information content (AvgIpc) is 3.13. The molecule has 2 N–H and O–H groups in total. The minimum atomic E-state index is -0.278. The Balaban J connectivity index is 1.62. The Morgan fingerprint density at radius 3 is 2.43 bits per heavy atom. The molecular weight excluding hydrogens is 350 g/mol. The number of hydrogen-bond acceptors (Lipinski definition) is 3. The maximum Gasteiger partial charge on any atom is 0.271 e. The number of methoxy groups -OCH3 is 1. The second-order valence-electron chi connectivity index (χ2n) is 6.25. The molecule has 1 heterocycles. The van der Waals surface area contributed by atoms with Gasteiger partial charge in [-0.15, -0.1) is 0 Å². The fourth-order valence-electron chi connectivity index (χ4n) is 3.09. The van der Waals surface area contributed by atoms with Gasteiger partial charge in [0.15, 0.2) is 0 Å². The van der Waals surface area contributed by atoms with Crippen molar-refractivity contribution in [1.29, 1.82) is 0 Å². The third-order valence-electron chi connectivity index (χ3n) is 4.52. The summed E-state index contributed by atoms with van der Waals surface area (Å²) in [4.78, 5) is 15.8. The minimum Gasteiger partial charge on any atom is -0.497 e. The lowest BCUT2D eigenvalue weighted by molar-refractivity contribution is 0.0955. The maximum atomic E-state index is 12.3. The first-order chi connectivity index (χ1) is 13.8. The summed E-state index contributed by atoms with van der Waals surface area (Å²) in [6, 6.07) is 25.0. The molecule has 4 rings (SSSR count). The van der Waals surface area contributed by atoms with Gasteiger partial charge in [-0.2, -0.15) is 5.10 Å². The first-order valence-electron chi connectivity index (χ1n) is 8.90. The molecule has 0 aliphatic rings. The van der Waals surface area contributed by atoms with Crippen LogP contribution in [0.4, 0.5) is 0 Å². The molecular formula is C23H19N3O2. The van der Waals surface area contributed by atoms with E-state index in [2.05, 4.69) is 15.5 Å². The van der Waals surface area contributed by atoms with E-state index in [0.717, 1.165) is 27.7 Å². The van der Waals surface area contributed by atoms with Gasteiger partial charge in [-0.1, -0.05) is 48.5 Å². The molecule has 0 radical (unpaired) electrons. The first-order valence-corrected chi connectivity index (χ1v) is 8.90. The highest BCUT2D eigenvalue weighted by atomic mass is 16.5. The van der Waals surface area contributed by atoms with Crippen molar-refractivity contribution >= 4 is 23.0 Å². The average molecular weight is 369 g/mol. The Labute approximate surface area is 162 Å². The van der Waals surface area contributed by atoms with Crippen LogP contribution in [-0.4, -0.2) is 24.2 Å². The fourth-order valence-corrected chi connectivity index (χ4v) is 3.09. The van der Waals surface area contributed by atoms with Gasteiger partial charge < -0.3 is 9.72 Å². The molecule has 28 heavy (non-hydrogen) atoms. The van der Waals surface area contributed by atoms with Crippen molar-refractivity contribution in [3.63, 3.8) is 0 Å². The van der Waals surface area contributed by atoms with Gasteiger partial charge >= 0.3 is 0 Å². The van der Waals surface area contributed by atoms with Crippen molar-refractivity contribution in [3.05, 3.63) is 90.0 Å². The van der Waals surface area contributed by atoms with Crippen LogP contribution in [0, 0.1) is 0 Å². The van der Waals surface area contributed by atoms with E-state index in [0.29, 0.717) is 11.3 Å². The van der Waals surface area contributed by atoms with E-state index in [1.54, 1.807) is 37.6 Å². The molecule has 1 amide bonds. The van der Waals surface area contributed by atoms with Crippen LogP contribution < -0.4 is 10.2 Å². The van der Waals surface area contributed by atoms with Crippen LogP contribution in [0.3, 0.4) is 0 Å². The molecule has 5 nitrogen and oxygen atoms in total. The number of nitrogens with one attached hydrogen (secondary N) is 2. The van der Waals surface area contributed by atoms with Gasteiger partial charge in [-0.3, -0.25) is 4.79 Å². The predicted octanol–water partition coefficient (Wildman–Crippen LogP) is 4.61. The van der Waals surface area contributed by atoms with Gasteiger partial charge in [0, 0.05) is 22.0 Å². The summed E-state index contributed by atoms with van der Waals surface area (Å²) in [6.45, 7) is 0. The molecule has 0 atom stereocenters. The standard InChI is InChI=1S/C23H19N3O2/c1-28-18-13-11-17(12-14-18)23(27)26-24-15-20-19-9-5-6-10-21(19)25-22(20)16-7-3-2-4-8-16/h2-15,25H,1H3,(H,26,27)/b24-15+. The fraction of sp³-hybridized carbons (Fsp3) is 0.0435. The number of benzene rings is 3. The summed E-state index contributed by atoms with van der Waals surface area (Å²) in [5, 5.41) is 5.24. The Kier molecular flexibility index (Phi) is 4.89. The molecule has 0 unspecified atom stereocenters. The zero-order valence-corrected chi connectivity index (χ0v) is 15.3. The number of hydrogen-bond donors (Lipinski definition) is 2. The van der Waals surface area contributed by atoms with Crippen LogP contribution in [0.25, 0.3) is 22.2 Å². The van der Waals surface area contributed by atoms with Crippen molar-refractivity contribution in [3.8, 4) is 17.0 Å². The number of aromatic amines is 1. The van der Waals surface area contributed by atoms with E-state index in [-0.39, 0.29) is 5.91 Å². The Bertz CT molecular complexity index is 1130. The Morgan fingerprint density at radius 1 is 0.964 bits per heavy atom. The van der Waals surface area contributed by atoms with Crippen LogP contribution in [0.1, 0.15) is 15.9 Å². The third-order valence-corrected chi connectivity index (χ3v) is 4.52. The zero-order valence-electron chi connectivity index (χ0n) is 15.3. The largest absolute Gasteiger partial charge is 0.497 e. The molecule has 5 heteroatoms. The van der Waals surface area contributed by atoms with Crippen molar-refractivity contribution in [1.82, 2.24) is 10.4 Å². The van der Waals surface area contributed by atoms with Crippen LogP contribution in [-0.2, 0) is 0 Å². The molecule has 0 spiro atoms. The summed E-state index contributed by atoms with van der Waals surface area (Å²) < 4.78 is 5.11. The van der Waals surface area contributed by atoms with E-state index in [4.69, 9.17) is 4.74 Å². The quantitative estimate of drug-likeness (QED) is 0.399. The molecule has 4 aromatic rings. The highest BCUT2D eigenvalue weighted by molar-refractivity contribution is 6.06. The molecule has 0 aliphatic carbocycles. The normalized spacial score (nSPS) is 11.0. The van der Waals surface area contributed by atoms with Gasteiger partial charge in [-0.05, 0) is 35.9 Å². The monoisotopic (exact) mass is 369 g/mol. The molecule has 0 saturated heterocycles. The van der Waals surface area contributed by atoms with Crippen LogP contribution in [0.15, 0.2) is 84.0 Å². The lowest BCUT2D eigenvalue weighted by Gasteiger charge is -2.03. The predicted molar refractivity (Wildman–Crippen MR) is 112 cm³/mol. The number of fused-ring (bicyclic) bond motifs is 1. The summed E-state index contributed by atoms with van der Waals surface area (Å²) in [7, 11) is 1.59. The lowest BCUT2D eigenvalue weighted by Crippen LogP contribution is -2.17. The Hall–Kier alpha value is -3.86. The molecule has 138 valence electrons. The van der Waals surface area contributed by atoms with Gasteiger partial charge in [0.25, 0.3) is 5.91 Å². The van der Waals surface area contributed by atoms with Crippen molar-refractivity contribution in [2.45, 2.75) is 0 Å². The molecule has 1 aromatic heterocycles. The molecule has 0 bridgehead atoms. The smallest absolute Gasteiger partial charge is 0.271 e. The molecule has 0 saturated carbocycles. The van der Waals surface area contributed by atoms with Crippen molar-refractivity contribution in [2.24, 2.45) is 5.10 Å². The number of para-hydroxylation sites is 1. The minimum absolute atomic E-state index is 0.278. The summed E-state index contributed by atoms with van der Waals surface area (Å²) in [5.41, 5.74) is 7.07. The van der Waals surface area contributed by atoms with E-state index < -0.39 is 0 Å². The van der Waals surface area contributed by atoms with Gasteiger partial charge in [-0.25, -0.2) is 5.43 Å². The highest BCUT2D eigenvalue weighted by Gasteiger charge is 2.11. The molecule has 3 aromatic carbocycles. The number of carbonyl (C=O) groups is 1. The van der Waals surface area contributed by atoms with Gasteiger partial charge in [0.2, 0.25) is 0 Å². The third kappa shape index (κ3) is 3.50. The number of rotatable bonds is 5. The highest BCUT2D eigenvalue weighted by Crippen LogP contribution is 2.28. The second kappa shape index (κ2) is 7.80. The summed E-state index contributed by atoms with van der Waals surface area (Å²) in [6.07, 6.45) is 1.68. The summed E-state index contributed by atoms with van der Waals surface area (Å²) >= 11 is 0. The number of hydrazone groups is 1. The zero-order chi connectivity index (χ0) is 19.3. The number of carbonyl (C=O) groups excluding carboxylic acids is 1. The molecule has 0 fully saturated rings. The number of amides is 1. The SMILES string of the molecule is COc1ccc(C(=O)N/N=C/c2c(-c3ccccc3)[nH]c3ccccc23)cc1. The van der Waals surface area contributed by atoms with Gasteiger partial charge in [0.05, 0.1) is 19.0 Å². The number of aromatic nitrogens is 1. The first kappa shape index (κ1) is 17.5. The summed E-state index contributed by atoms with van der Waals surface area (Å²) in [5.74, 6) is 0.423. The van der Waals surface area contributed by atoms with E-state index >= 15 is 0 Å². The number of nitrogens with zero attached hydrogens (tertiary/aromatic N) is 1. The molecule has 0 aliphatic heterocycles. The van der Waals surface area contributed by atoms with Crippen LogP contribution >= 0.6 is 0 Å². The van der Waals surface area contributed by atoms with Crippen molar-refractivity contribution < 1.29 is 9.53 Å². The number of H-pyrrole nitrogens is 1. The van der Waals surface area contributed by atoms with Crippen LogP contribution in [0.2, 0.25) is 0 Å². The topological polar surface area (TPSA) is 66.5 Å². The van der Waals surface area contributed by atoms with Gasteiger partial charge in [0.1, 0.15) is 5.75 Å².